The van der Waals surface area contributed by atoms with Gasteiger partial charge in [-0.15, -0.1) is 11.3 Å². The van der Waals surface area contributed by atoms with Gasteiger partial charge in [-0.1, -0.05) is 19.4 Å². The van der Waals surface area contributed by atoms with Gasteiger partial charge in [0.15, 0.2) is 0 Å². The van der Waals surface area contributed by atoms with E-state index < -0.39 is 0 Å². The lowest BCUT2D eigenvalue weighted by Gasteiger charge is -2.27. The van der Waals surface area contributed by atoms with E-state index in [1.807, 2.05) is 4.90 Å². The first-order chi connectivity index (χ1) is 7.72. The SMILES string of the molecule is CCCC(c1cccs1)N1CC(S)CC1=O. The molecule has 1 amide bonds. The number of rotatable bonds is 4. The zero-order chi connectivity index (χ0) is 11.5. The van der Waals surface area contributed by atoms with E-state index in [0.717, 1.165) is 19.4 Å². The van der Waals surface area contributed by atoms with Crippen LogP contribution in [0.25, 0.3) is 0 Å². The van der Waals surface area contributed by atoms with Gasteiger partial charge in [-0.3, -0.25) is 4.79 Å². The van der Waals surface area contributed by atoms with E-state index >= 15 is 0 Å². The van der Waals surface area contributed by atoms with Gasteiger partial charge in [0, 0.05) is 23.1 Å². The van der Waals surface area contributed by atoms with Crippen molar-refractivity contribution in [1.82, 2.24) is 4.90 Å². The minimum atomic E-state index is 0.215. The normalized spacial score (nSPS) is 22.8. The zero-order valence-corrected chi connectivity index (χ0v) is 11.1. The van der Waals surface area contributed by atoms with E-state index in [1.54, 1.807) is 11.3 Å². The molecular formula is C12H17NOS2. The molecule has 88 valence electrons. The number of thiol groups is 1. The summed E-state index contributed by atoms with van der Waals surface area (Å²) >= 11 is 6.15. The molecule has 0 N–H and O–H groups in total. The fraction of sp³-hybridized carbons (Fsp3) is 0.583. The summed E-state index contributed by atoms with van der Waals surface area (Å²) in [4.78, 5) is 15.2. The van der Waals surface area contributed by atoms with Gasteiger partial charge >= 0.3 is 0 Å². The molecule has 4 heteroatoms. The largest absolute Gasteiger partial charge is 0.334 e. The van der Waals surface area contributed by atoms with Crippen molar-refractivity contribution < 1.29 is 4.79 Å². The van der Waals surface area contributed by atoms with E-state index in [2.05, 4.69) is 37.1 Å². The van der Waals surface area contributed by atoms with Crippen molar-refractivity contribution in [2.45, 2.75) is 37.5 Å². The summed E-state index contributed by atoms with van der Waals surface area (Å²) in [6, 6.07) is 4.46. The first-order valence-electron chi connectivity index (χ1n) is 5.73. The molecule has 0 saturated carbocycles. The average molecular weight is 255 g/mol. The highest BCUT2D eigenvalue weighted by Gasteiger charge is 2.33. The molecule has 1 aliphatic rings. The zero-order valence-electron chi connectivity index (χ0n) is 9.43. The lowest BCUT2D eigenvalue weighted by molar-refractivity contribution is -0.129. The van der Waals surface area contributed by atoms with E-state index in [4.69, 9.17) is 0 Å². The number of carbonyl (C=O) groups is 1. The van der Waals surface area contributed by atoms with E-state index in [0.29, 0.717) is 6.42 Å². The Labute approximate surface area is 106 Å². The Morgan fingerprint density at radius 1 is 1.69 bits per heavy atom. The molecule has 0 aliphatic carbocycles. The van der Waals surface area contributed by atoms with Gasteiger partial charge in [0.2, 0.25) is 5.91 Å². The molecule has 0 bridgehead atoms. The van der Waals surface area contributed by atoms with Crippen LogP contribution in [0.1, 0.15) is 37.1 Å². The molecular weight excluding hydrogens is 238 g/mol. The molecule has 2 atom stereocenters. The third-order valence-corrected chi connectivity index (χ3v) is 4.27. The third kappa shape index (κ3) is 2.43. The maximum Gasteiger partial charge on any atom is 0.224 e. The molecule has 1 aromatic heterocycles. The fourth-order valence-corrected chi connectivity index (χ4v) is 3.42. The van der Waals surface area contributed by atoms with Crippen LogP contribution in [0.4, 0.5) is 0 Å². The molecule has 2 nitrogen and oxygen atoms in total. The molecule has 0 radical (unpaired) electrons. The van der Waals surface area contributed by atoms with E-state index in [9.17, 15) is 4.79 Å². The highest BCUT2D eigenvalue weighted by molar-refractivity contribution is 7.81. The lowest BCUT2D eigenvalue weighted by Crippen LogP contribution is -2.29. The van der Waals surface area contributed by atoms with E-state index in [-0.39, 0.29) is 17.2 Å². The number of amides is 1. The summed E-state index contributed by atoms with van der Waals surface area (Å²) in [7, 11) is 0. The number of hydrogen-bond donors (Lipinski definition) is 1. The fourth-order valence-electron chi connectivity index (χ4n) is 2.22. The van der Waals surface area contributed by atoms with Crippen LogP contribution in [0.2, 0.25) is 0 Å². The van der Waals surface area contributed by atoms with Crippen LogP contribution < -0.4 is 0 Å². The number of thiophene rings is 1. The van der Waals surface area contributed by atoms with Gasteiger partial charge in [0.1, 0.15) is 0 Å². The summed E-state index contributed by atoms with van der Waals surface area (Å²) in [5.74, 6) is 0.256. The van der Waals surface area contributed by atoms with Crippen molar-refractivity contribution in [2.24, 2.45) is 0 Å². The molecule has 2 unspecified atom stereocenters. The second kappa shape index (κ2) is 5.23. The Kier molecular flexibility index (Phi) is 3.92. The summed E-state index contributed by atoms with van der Waals surface area (Å²) in [5, 5.41) is 2.29. The van der Waals surface area contributed by atoms with Gasteiger partial charge in [-0.25, -0.2) is 0 Å². The van der Waals surface area contributed by atoms with Crippen molar-refractivity contribution >= 4 is 29.9 Å². The first kappa shape index (κ1) is 12.0. The smallest absolute Gasteiger partial charge is 0.224 e. The Hall–Kier alpha value is -0.480. The van der Waals surface area contributed by atoms with Crippen molar-refractivity contribution in [2.75, 3.05) is 6.54 Å². The minimum absolute atomic E-state index is 0.215. The molecule has 2 rings (SSSR count). The van der Waals surface area contributed by atoms with Crippen molar-refractivity contribution in [3.63, 3.8) is 0 Å². The van der Waals surface area contributed by atoms with Crippen LogP contribution in [-0.4, -0.2) is 22.6 Å². The number of carbonyl (C=O) groups excluding carboxylic acids is 1. The Morgan fingerprint density at radius 2 is 2.50 bits per heavy atom. The molecule has 1 aliphatic heterocycles. The highest BCUT2D eigenvalue weighted by atomic mass is 32.1. The van der Waals surface area contributed by atoms with Crippen LogP contribution in [0.15, 0.2) is 17.5 Å². The van der Waals surface area contributed by atoms with Crippen molar-refractivity contribution in [3.05, 3.63) is 22.4 Å². The molecule has 1 aromatic rings. The quantitative estimate of drug-likeness (QED) is 0.820. The molecule has 1 fully saturated rings. The molecule has 0 spiro atoms. The number of hydrogen-bond acceptors (Lipinski definition) is 3. The lowest BCUT2D eigenvalue weighted by atomic mass is 10.1. The second-order valence-corrected chi connectivity index (χ2v) is 5.93. The van der Waals surface area contributed by atoms with Gasteiger partial charge in [0.05, 0.1) is 6.04 Å². The van der Waals surface area contributed by atoms with Gasteiger partial charge < -0.3 is 4.90 Å². The van der Waals surface area contributed by atoms with Crippen molar-refractivity contribution in [3.8, 4) is 0 Å². The van der Waals surface area contributed by atoms with E-state index in [1.165, 1.54) is 4.88 Å². The topological polar surface area (TPSA) is 20.3 Å². The Balaban J connectivity index is 2.16. The predicted octanol–water partition coefficient (Wildman–Crippen LogP) is 3.12. The summed E-state index contributed by atoms with van der Waals surface area (Å²) in [6.07, 6.45) is 2.74. The number of likely N-dealkylation sites (tertiary alicyclic amines) is 1. The maximum atomic E-state index is 11.9. The average Bonchev–Trinajstić information content (AvgIpc) is 2.85. The van der Waals surface area contributed by atoms with Crippen LogP contribution in [-0.2, 0) is 4.79 Å². The highest BCUT2D eigenvalue weighted by Crippen LogP contribution is 2.33. The predicted molar refractivity (Wildman–Crippen MR) is 71.1 cm³/mol. The van der Waals surface area contributed by atoms with Crippen LogP contribution >= 0.6 is 24.0 Å². The maximum absolute atomic E-state index is 11.9. The standard InChI is InChI=1S/C12H17NOS2/c1-2-4-10(11-5-3-6-16-11)13-8-9(15)7-12(13)14/h3,5-6,9-10,15H,2,4,7-8H2,1H3. The van der Waals surface area contributed by atoms with Gasteiger partial charge in [-0.05, 0) is 17.9 Å². The number of nitrogens with zero attached hydrogens (tertiary/aromatic N) is 1. The Morgan fingerprint density at radius 3 is 3.00 bits per heavy atom. The van der Waals surface area contributed by atoms with Crippen molar-refractivity contribution in [1.29, 1.82) is 0 Å². The van der Waals surface area contributed by atoms with Gasteiger partial charge in [0.25, 0.3) is 0 Å². The second-order valence-electron chi connectivity index (χ2n) is 4.22. The van der Waals surface area contributed by atoms with Crippen LogP contribution in [0, 0.1) is 0 Å². The summed E-state index contributed by atoms with van der Waals surface area (Å²) in [6.45, 7) is 2.96. The Bertz CT molecular complexity index is 350. The molecule has 16 heavy (non-hydrogen) atoms. The molecule has 0 aromatic carbocycles. The molecule has 2 heterocycles. The summed E-state index contributed by atoms with van der Waals surface area (Å²) < 4.78 is 0. The third-order valence-electron chi connectivity index (χ3n) is 2.95. The van der Waals surface area contributed by atoms with Crippen LogP contribution in [0.5, 0.6) is 0 Å². The van der Waals surface area contributed by atoms with Crippen LogP contribution in [0.3, 0.4) is 0 Å². The monoisotopic (exact) mass is 255 g/mol. The first-order valence-corrected chi connectivity index (χ1v) is 7.13. The molecule has 1 saturated heterocycles. The van der Waals surface area contributed by atoms with Gasteiger partial charge in [-0.2, -0.15) is 12.6 Å². The summed E-state index contributed by atoms with van der Waals surface area (Å²) in [5.41, 5.74) is 0. The minimum Gasteiger partial charge on any atom is -0.334 e.